The van der Waals surface area contributed by atoms with E-state index in [1.54, 1.807) is 6.08 Å². The van der Waals surface area contributed by atoms with Gasteiger partial charge in [0.1, 0.15) is 0 Å². The minimum Gasteiger partial charge on any atom is -0.0991 e. The monoisotopic (exact) mass is 372 g/mol. The van der Waals surface area contributed by atoms with Crippen LogP contribution in [0.15, 0.2) is 49.1 Å². The van der Waals surface area contributed by atoms with Gasteiger partial charge in [0, 0.05) is 0 Å². The van der Waals surface area contributed by atoms with Crippen LogP contribution in [-0.2, 0) is 0 Å². The standard InChI is InChI=1S/C27H48/c1-3-5-7-9-11-13-15-17-19-21-23-25-27-26-24-22-20-18-16-14-12-10-8-6-4-2/h3,5,7,9,11,13,15H,1,4,6,8,10,12,14,16-27H2,2H3. The fourth-order valence-electron chi connectivity index (χ4n) is 3.43. The lowest BCUT2D eigenvalue weighted by molar-refractivity contribution is 0.527. The predicted molar refractivity (Wildman–Crippen MR) is 126 cm³/mol. The van der Waals surface area contributed by atoms with Gasteiger partial charge in [-0.1, -0.05) is 159 Å². The van der Waals surface area contributed by atoms with Gasteiger partial charge in [-0.05, 0) is 12.8 Å². The van der Waals surface area contributed by atoms with Gasteiger partial charge in [-0.15, -0.1) is 0 Å². The van der Waals surface area contributed by atoms with E-state index >= 15 is 0 Å². The lowest BCUT2D eigenvalue weighted by atomic mass is 10.0. The first-order chi connectivity index (χ1) is 13.4. The summed E-state index contributed by atoms with van der Waals surface area (Å²) in [5.74, 6) is 0. The zero-order chi connectivity index (χ0) is 19.7. The van der Waals surface area contributed by atoms with Crippen LogP contribution < -0.4 is 0 Å². The van der Waals surface area contributed by atoms with Crippen LogP contribution in [0, 0.1) is 0 Å². The summed E-state index contributed by atoms with van der Waals surface area (Å²) in [5, 5.41) is 0. The van der Waals surface area contributed by atoms with Crippen molar-refractivity contribution < 1.29 is 0 Å². The highest BCUT2D eigenvalue weighted by Gasteiger charge is 1.94. The van der Waals surface area contributed by atoms with E-state index in [9.17, 15) is 0 Å². The molecule has 0 nitrogen and oxygen atoms in total. The van der Waals surface area contributed by atoms with E-state index in [0.29, 0.717) is 0 Å². The molecule has 0 heterocycles. The molecule has 156 valence electrons. The highest BCUT2D eigenvalue weighted by atomic mass is 14.0. The molecule has 0 rings (SSSR count). The van der Waals surface area contributed by atoms with Crippen molar-refractivity contribution in [1.29, 1.82) is 0 Å². The van der Waals surface area contributed by atoms with E-state index in [2.05, 4.69) is 31.7 Å². The molecule has 0 aromatic rings. The van der Waals surface area contributed by atoms with E-state index in [4.69, 9.17) is 0 Å². The minimum atomic E-state index is 1.22. The average Bonchev–Trinajstić information content (AvgIpc) is 2.68. The minimum absolute atomic E-state index is 1.22. The summed E-state index contributed by atoms with van der Waals surface area (Å²) in [7, 11) is 0. The Hall–Kier alpha value is -1.04. The van der Waals surface area contributed by atoms with Gasteiger partial charge >= 0.3 is 0 Å². The Balaban J connectivity index is 3.10. The van der Waals surface area contributed by atoms with Gasteiger partial charge < -0.3 is 0 Å². The van der Waals surface area contributed by atoms with Crippen molar-refractivity contribution >= 4 is 0 Å². The average molecular weight is 373 g/mol. The first-order valence-corrected chi connectivity index (χ1v) is 12.0. The van der Waals surface area contributed by atoms with Crippen molar-refractivity contribution in [2.24, 2.45) is 0 Å². The summed E-state index contributed by atoms with van der Waals surface area (Å²) in [6, 6.07) is 0. The summed E-state index contributed by atoms with van der Waals surface area (Å²) in [6.07, 6.45) is 40.1. The normalized spacial score (nSPS) is 12.0. The van der Waals surface area contributed by atoms with E-state index < -0.39 is 0 Å². The summed E-state index contributed by atoms with van der Waals surface area (Å²) in [6.45, 7) is 5.94. The summed E-state index contributed by atoms with van der Waals surface area (Å²) in [4.78, 5) is 0. The van der Waals surface area contributed by atoms with Gasteiger partial charge in [0.15, 0.2) is 0 Å². The second kappa shape index (κ2) is 25.0. The summed E-state index contributed by atoms with van der Waals surface area (Å²) < 4.78 is 0. The number of hydrogen-bond acceptors (Lipinski definition) is 0. The second-order valence-corrected chi connectivity index (χ2v) is 7.88. The Bertz CT molecular complexity index is 358. The summed E-state index contributed by atoms with van der Waals surface area (Å²) >= 11 is 0. The maximum absolute atomic E-state index is 3.65. The van der Waals surface area contributed by atoms with Gasteiger partial charge in [0.05, 0.1) is 0 Å². The van der Waals surface area contributed by atoms with Crippen LogP contribution in [0.5, 0.6) is 0 Å². The van der Waals surface area contributed by atoms with E-state index in [1.807, 2.05) is 18.2 Å². The molecule has 0 bridgehead atoms. The SMILES string of the molecule is C=CC=CC=CC=CCCCCCCCCCCCCCCCCCCC. The summed E-state index contributed by atoms with van der Waals surface area (Å²) in [5.41, 5.74) is 0. The van der Waals surface area contributed by atoms with E-state index in [1.165, 1.54) is 116 Å². The van der Waals surface area contributed by atoms with Crippen molar-refractivity contribution in [2.45, 2.75) is 122 Å². The number of allylic oxidation sites excluding steroid dienone is 7. The second-order valence-electron chi connectivity index (χ2n) is 7.88. The number of unbranched alkanes of at least 4 members (excludes halogenated alkanes) is 17. The molecular weight excluding hydrogens is 324 g/mol. The number of rotatable bonds is 21. The molecule has 0 saturated carbocycles. The fraction of sp³-hybridized carbons (Fsp3) is 0.704. The van der Waals surface area contributed by atoms with Crippen molar-refractivity contribution in [2.75, 3.05) is 0 Å². The van der Waals surface area contributed by atoms with Crippen LogP contribution in [0.25, 0.3) is 0 Å². The van der Waals surface area contributed by atoms with Gasteiger partial charge in [-0.2, -0.15) is 0 Å². The molecule has 0 fully saturated rings. The molecule has 0 aromatic heterocycles. The molecule has 0 aliphatic carbocycles. The van der Waals surface area contributed by atoms with Crippen LogP contribution in [-0.4, -0.2) is 0 Å². The molecule has 0 N–H and O–H groups in total. The molecule has 0 aliphatic rings. The molecule has 0 amide bonds. The lowest BCUT2D eigenvalue weighted by Gasteiger charge is -2.03. The van der Waals surface area contributed by atoms with E-state index in [0.717, 1.165) is 0 Å². The van der Waals surface area contributed by atoms with Gasteiger partial charge in [-0.3, -0.25) is 0 Å². The van der Waals surface area contributed by atoms with Gasteiger partial charge in [0.25, 0.3) is 0 Å². The smallest absolute Gasteiger partial charge is 0.0348 e. The first kappa shape index (κ1) is 26.0. The Morgan fingerprint density at radius 2 is 0.815 bits per heavy atom. The zero-order valence-corrected chi connectivity index (χ0v) is 18.5. The molecule has 27 heavy (non-hydrogen) atoms. The fourth-order valence-corrected chi connectivity index (χ4v) is 3.43. The Kier molecular flexibility index (Phi) is 24.0. The zero-order valence-electron chi connectivity index (χ0n) is 18.5. The first-order valence-electron chi connectivity index (χ1n) is 12.0. The third-order valence-electron chi connectivity index (χ3n) is 5.19. The molecule has 0 aromatic carbocycles. The Labute approximate surface area is 171 Å². The van der Waals surface area contributed by atoms with Gasteiger partial charge in [-0.25, -0.2) is 0 Å². The molecule has 0 heteroatoms. The lowest BCUT2D eigenvalue weighted by Crippen LogP contribution is -1.83. The Morgan fingerprint density at radius 1 is 0.444 bits per heavy atom. The molecule has 0 radical (unpaired) electrons. The highest BCUT2D eigenvalue weighted by molar-refractivity contribution is 5.14. The van der Waals surface area contributed by atoms with Crippen LogP contribution in [0.4, 0.5) is 0 Å². The number of hydrogen-bond donors (Lipinski definition) is 0. The quantitative estimate of drug-likeness (QED) is 0.139. The molecule has 0 saturated heterocycles. The van der Waals surface area contributed by atoms with Crippen molar-refractivity contribution in [3.8, 4) is 0 Å². The third kappa shape index (κ3) is 25.0. The third-order valence-corrected chi connectivity index (χ3v) is 5.19. The largest absolute Gasteiger partial charge is 0.0991 e. The van der Waals surface area contributed by atoms with E-state index in [-0.39, 0.29) is 0 Å². The molecule has 0 unspecified atom stereocenters. The van der Waals surface area contributed by atoms with Crippen molar-refractivity contribution in [1.82, 2.24) is 0 Å². The molecule has 0 spiro atoms. The molecule has 0 aliphatic heterocycles. The van der Waals surface area contributed by atoms with Gasteiger partial charge in [0.2, 0.25) is 0 Å². The van der Waals surface area contributed by atoms with Crippen molar-refractivity contribution in [3.63, 3.8) is 0 Å². The maximum Gasteiger partial charge on any atom is -0.0348 e. The van der Waals surface area contributed by atoms with Crippen LogP contribution in [0.2, 0.25) is 0 Å². The predicted octanol–water partition coefficient (Wildman–Crippen LogP) is 9.88. The van der Waals surface area contributed by atoms with Crippen LogP contribution in [0.3, 0.4) is 0 Å². The highest BCUT2D eigenvalue weighted by Crippen LogP contribution is 2.14. The topological polar surface area (TPSA) is 0 Å². The van der Waals surface area contributed by atoms with Crippen molar-refractivity contribution in [3.05, 3.63) is 49.1 Å². The molecular formula is C27H48. The molecule has 0 atom stereocenters. The van der Waals surface area contributed by atoms with Crippen LogP contribution in [0.1, 0.15) is 122 Å². The van der Waals surface area contributed by atoms with Crippen LogP contribution >= 0.6 is 0 Å². The maximum atomic E-state index is 3.65. The Morgan fingerprint density at radius 3 is 1.26 bits per heavy atom.